The zero-order chi connectivity index (χ0) is 11.1. The molecule has 0 radical (unpaired) electrons. The topological polar surface area (TPSA) is 19.4 Å². The van der Waals surface area contributed by atoms with Gasteiger partial charge in [-0.1, -0.05) is 13.0 Å². The lowest BCUT2D eigenvalue weighted by molar-refractivity contribution is 0.242. The molecule has 0 aliphatic carbocycles. The molecule has 0 atom stereocenters. The van der Waals surface area contributed by atoms with Gasteiger partial charge in [0.2, 0.25) is 0 Å². The van der Waals surface area contributed by atoms with E-state index in [9.17, 15) is 0 Å². The zero-order valence-corrected chi connectivity index (χ0v) is 9.98. The number of pyridine rings is 1. The van der Waals surface area contributed by atoms with Crippen LogP contribution in [0.25, 0.3) is 0 Å². The molecule has 3 heteroatoms. The van der Waals surface area contributed by atoms with Crippen LogP contribution in [0.4, 0.5) is 0 Å². The molecule has 0 aliphatic heterocycles. The summed E-state index contributed by atoms with van der Waals surface area (Å²) >= 11 is 0. The highest BCUT2D eigenvalue weighted by Gasteiger charge is 2.04. The van der Waals surface area contributed by atoms with Crippen molar-refractivity contribution in [2.45, 2.75) is 13.5 Å². The van der Waals surface area contributed by atoms with Gasteiger partial charge in [0.05, 0.1) is 5.69 Å². The van der Waals surface area contributed by atoms with E-state index in [4.69, 9.17) is 0 Å². The molecule has 0 bridgehead atoms. The fourth-order valence-electron chi connectivity index (χ4n) is 1.41. The molecule has 0 saturated carbocycles. The van der Waals surface area contributed by atoms with E-state index in [1.165, 1.54) is 0 Å². The van der Waals surface area contributed by atoms with Crippen LogP contribution in [0, 0.1) is 0 Å². The van der Waals surface area contributed by atoms with Crippen LogP contribution in [0.5, 0.6) is 0 Å². The summed E-state index contributed by atoms with van der Waals surface area (Å²) in [6.07, 6.45) is 1.86. The Morgan fingerprint density at radius 2 is 2.00 bits per heavy atom. The summed E-state index contributed by atoms with van der Waals surface area (Å²) in [5, 5.41) is 0. The molecule has 1 aromatic heterocycles. The van der Waals surface area contributed by atoms with Crippen molar-refractivity contribution in [3.05, 3.63) is 30.1 Å². The molecule has 0 N–H and O–H groups in total. The Morgan fingerprint density at radius 1 is 1.20 bits per heavy atom. The fourth-order valence-corrected chi connectivity index (χ4v) is 1.41. The first-order chi connectivity index (χ1) is 7.22. The SMILES string of the molecule is CCN(CCN(C)C)Cc1ccccn1. The van der Waals surface area contributed by atoms with Gasteiger partial charge >= 0.3 is 0 Å². The summed E-state index contributed by atoms with van der Waals surface area (Å²) in [5.41, 5.74) is 1.15. The van der Waals surface area contributed by atoms with Crippen LogP contribution in [0.15, 0.2) is 24.4 Å². The quantitative estimate of drug-likeness (QED) is 0.704. The highest BCUT2D eigenvalue weighted by atomic mass is 15.2. The second-order valence-corrected chi connectivity index (χ2v) is 3.99. The van der Waals surface area contributed by atoms with Crippen molar-refractivity contribution in [3.63, 3.8) is 0 Å². The Bertz CT molecular complexity index is 259. The number of hydrogen-bond donors (Lipinski definition) is 0. The van der Waals surface area contributed by atoms with Gasteiger partial charge in [0.1, 0.15) is 0 Å². The van der Waals surface area contributed by atoms with Gasteiger partial charge < -0.3 is 4.90 Å². The third-order valence-electron chi connectivity index (χ3n) is 2.42. The molecular weight excluding hydrogens is 186 g/mol. The molecule has 1 aromatic rings. The van der Waals surface area contributed by atoms with Crippen LogP contribution >= 0.6 is 0 Å². The number of rotatable bonds is 6. The Morgan fingerprint density at radius 3 is 2.53 bits per heavy atom. The second kappa shape index (κ2) is 6.53. The van der Waals surface area contributed by atoms with Gasteiger partial charge in [-0.25, -0.2) is 0 Å². The van der Waals surface area contributed by atoms with E-state index in [1.54, 1.807) is 0 Å². The molecule has 1 rings (SSSR count). The maximum Gasteiger partial charge on any atom is 0.0543 e. The average molecular weight is 207 g/mol. The van der Waals surface area contributed by atoms with E-state index in [1.807, 2.05) is 18.3 Å². The van der Waals surface area contributed by atoms with Crippen molar-refractivity contribution in [2.24, 2.45) is 0 Å². The molecule has 3 nitrogen and oxygen atoms in total. The van der Waals surface area contributed by atoms with Gasteiger partial charge in [0.15, 0.2) is 0 Å². The smallest absolute Gasteiger partial charge is 0.0543 e. The van der Waals surface area contributed by atoms with Crippen molar-refractivity contribution in [3.8, 4) is 0 Å². The van der Waals surface area contributed by atoms with Crippen LogP contribution in [0.1, 0.15) is 12.6 Å². The summed E-state index contributed by atoms with van der Waals surface area (Å²) in [6.45, 7) is 6.41. The molecular formula is C12H21N3. The van der Waals surface area contributed by atoms with E-state index < -0.39 is 0 Å². The van der Waals surface area contributed by atoms with Crippen molar-refractivity contribution < 1.29 is 0 Å². The standard InChI is InChI=1S/C12H21N3/c1-4-15(10-9-14(2)3)11-12-7-5-6-8-13-12/h5-8H,4,9-11H2,1-3H3. The Labute approximate surface area is 92.7 Å². The van der Waals surface area contributed by atoms with Gasteiger partial charge in [0.25, 0.3) is 0 Å². The molecule has 84 valence electrons. The first kappa shape index (κ1) is 12.1. The number of nitrogens with zero attached hydrogens (tertiary/aromatic N) is 3. The summed E-state index contributed by atoms with van der Waals surface area (Å²) in [6, 6.07) is 6.08. The minimum atomic E-state index is 0.950. The molecule has 0 saturated heterocycles. The summed E-state index contributed by atoms with van der Waals surface area (Å²) in [4.78, 5) is 8.95. The minimum absolute atomic E-state index is 0.950. The Balaban J connectivity index is 2.40. The summed E-state index contributed by atoms with van der Waals surface area (Å²) in [7, 11) is 4.21. The molecule has 0 spiro atoms. The van der Waals surface area contributed by atoms with Gasteiger partial charge in [-0.15, -0.1) is 0 Å². The summed E-state index contributed by atoms with van der Waals surface area (Å²) in [5.74, 6) is 0. The van der Waals surface area contributed by atoms with Crippen molar-refractivity contribution in [1.82, 2.24) is 14.8 Å². The molecule has 0 amide bonds. The third kappa shape index (κ3) is 4.91. The molecule has 0 aromatic carbocycles. The monoisotopic (exact) mass is 207 g/mol. The van der Waals surface area contributed by atoms with Crippen molar-refractivity contribution in [1.29, 1.82) is 0 Å². The maximum absolute atomic E-state index is 4.34. The highest BCUT2D eigenvalue weighted by Crippen LogP contribution is 2.00. The van der Waals surface area contributed by atoms with E-state index in [0.29, 0.717) is 0 Å². The second-order valence-electron chi connectivity index (χ2n) is 3.99. The average Bonchev–Trinajstić information content (AvgIpc) is 2.25. The fraction of sp³-hybridized carbons (Fsp3) is 0.583. The van der Waals surface area contributed by atoms with Gasteiger partial charge in [-0.05, 0) is 32.8 Å². The molecule has 0 unspecified atom stereocenters. The van der Waals surface area contributed by atoms with Crippen LogP contribution in [-0.2, 0) is 6.54 Å². The van der Waals surface area contributed by atoms with E-state index >= 15 is 0 Å². The van der Waals surface area contributed by atoms with E-state index in [-0.39, 0.29) is 0 Å². The Kier molecular flexibility index (Phi) is 5.29. The van der Waals surface area contributed by atoms with E-state index in [0.717, 1.165) is 31.9 Å². The predicted molar refractivity (Wildman–Crippen MR) is 63.7 cm³/mol. The third-order valence-corrected chi connectivity index (χ3v) is 2.42. The maximum atomic E-state index is 4.34. The van der Waals surface area contributed by atoms with Crippen LogP contribution in [0.2, 0.25) is 0 Å². The lowest BCUT2D eigenvalue weighted by Crippen LogP contribution is -2.31. The van der Waals surface area contributed by atoms with Crippen molar-refractivity contribution >= 4 is 0 Å². The first-order valence-corrected chi connectivity index (χ1v) is 5.49. The highest BCUT2D eigenvalue weighted by molar-refractivity contribution is 5.03. The Hall–Kier alpha value is -0.930. The molecule has 0 aliphatic rings. The lowest BCUT2D eigenvalue weighted by Gasteiger charge is -2.21. The van der Waals surface area contributed by atoms with Crippen LogP contribution < -0.4 is 0 Å². The normalized spacial score (nSPS) is 11.3. The summed E-state index contributed by atoms with van der Waals surface area (Å²) < 4.78 is 0. The van der Waals surface area contributed by atoms with E-state index in [2.05, 4.69) is 41.9 Å². The molecule has 15 heavy (non-hydrogen) atoms. The van der Waals surface area contributed by atoms with Gasteiger partial charge in [0, 0.05) is 25.8 Å². The minimum Gasteiger partial charge on any atom is -0.308 e. The van der Waals surface area contributed by atoms with Crippen LogP contribution in [-0.4, -0.2) is 48.5 Å². The number of aromatic nitrogens is 1. The van der Waals surface area contributed by atoms with Crippen molar-refractivity contribution in [2.75, 3.05) is 33.7 Å². The first-order valence-electron chi connectivity index (χ1n) is 5.49. The molecule has 0 fully saturated rings. The van der Waals surface area contributed by atoms with Crippen LogP contribution in [0.3, 0.4) is 0 Å². The molecule has 1 heterocycles. The van der Waals surface area contributed by atoms with Gasteiger partial charge in [-0.3, -0.25) is 9.88 Å². The lowest BCUT2D eigenvalue weighted by atomic mass is 10.3. The largest absolute Gasteiger partial charge is 0.308 e. The van der Waals surface area contributed by atoms with Gasteiger partial charge in [-0.2, -0.15) is 0 Å². The predicted octanol–water partition coefficient (Wildman–Crippen LogP) is 1.47. The number of likely N-dealkylation sites (N-methyl/N-ethyl adjacent to an activating group) is 2. The zero-order valence-electron chi connectivity index (χ0n) is 9.98. The number of hydrogen-bond acceptors (Lipinski definition) is 3.